The molecule has 2 aromatic carbocycles. The minimum absolute atomic E-state index is 0.0982. The van der Waals surface area contributed by atoms with Crippen molar-refractivity contribution in [1.82, 2.24) is 10.2 Å². The molecule has 2 aromatic rings. The van der Waals surface area contributed by atoms with Gasteiger partial charge < -0.3 is 10.6 Å². The number of Topliss-reactive ketones (excluding diaryl/α,β-unsaturated/α-hetero) is 1. The molecule has 1 saturated heterocycles. The Balaban J connectivity index is 1.74. The Bertz CT molecular complexity index is 972. The minimum Gasteiger partial charge on any atom is -0.325 e. The zero-order valence-electron chi connectivity index (χ0n) is 16.0. The molecule has 150 valence electrons. The third-order valence-corrected chi connectivity index (χ3v) is 4.92. The van der Waals surface area contributed by atoms with E-state index >= 15 is 0 Å². The maximum Gasteiger partial charge on any atom is 0.325 e. The average Bonchev–Trinajstić information content (AvgIpc) is 2.94. The summed E-state index contributed by atoms with van der Waals surface area (Å²) in [5.41, 5.74) is 0.0488. The van der Waals surface area contributed by atoms with E-state index < -0.39 is 35.7 Å². The zero-order valence-corrected chi connectivity index (χ0v) is 16.0. The number of nitrogens with one attached hydrogen (secondary N) is 2. The lowest BCUT2D eigenvalue weighted by Crippen LogP contribution is -2.44. The topological polar surface area (TPSA) is 95.6 Å². The Hall–Kier alpha value is -3.55. The van der Waals surface area contributed by atoms with Crippen LogP contribution >= 0.6 is 0 Å². The van der Waals surface area contributed by atoms with E-state index in [4.69, 9.17) is 0 Å². The second-order valence-corrected chi connectivity index (χ2v) is 6.77. The number of urea groups is 1. The van der Waals surface area contributed by atoms with E-state index in [0.29, 0.717) is 16.8 Å². The first-order chi connectivity index (χ1) is 13.8. The van der Waals surface area contributed by atoms with E-state index in [1.165, 1.54) is 31.2 Å². The number of carbonyl (C=O) groups is 4. The quantitative estimate of drug-likeness (QED) is 0.579. The van der Waals surface area contributed by atoms with Crippen LogP contribution in [0.1, 0.15) is 36.2 Å². The molecule has 4 amide bonds. The van der Waals surface area contributed by atoms with E-state index in [1.54, 1.807) is 31.2 Å². The number of hydrogen-bond acceptors (Lipinski definition) is 4. The Morgan fingerprint density at radius 2 is 1.69 bits per heavy atom. The Labute approximate surface area is 166 Å². The summed E-state index contributed by atoms with van der Waals surface area (Å²) in [4.78, 5) is 49.9. The highest BCUT2D eigenvalue weighted by Gasteiger charge is 2.51. The van der Waals surface area contributed by atoms with Crippen molar-refractivity contribution in [3.63, 3.8) is 0 Å². The van der Waals surface area contributed by atoms with E-state index in [1.807, 2.05) is 0 Å². The van der Waals surface area contributed by atoms with Crippen LogP contribution in [0.25, 0.3) is 0 Å². The predicted molar refractivity (Wildman–Crippen MR) is 104 cm³/mol. The molecular formula is C21H20FN3O4. The second kappa shape index (κ2) is 7.83. The van der Waals surface area contributed by atoms with Gasteiger partial charge in [0.05, 0.1) is 0 Å². The van der Waals surface area contributed by atoms with Gasteiger partial charge in [0.15, 0.2) is 5.78 Å². The summed E-state index contributed by atoms with van der Waals surface area (Å²) in [7, 11) is 0. The normalized spacial score (nSPS) is 18.5. The van der Waals surface area contributed by atoms with Crippen LogP contribution in [0.15, 0.2) is 48.5 Å². The van der Waals surface area contributed by atoms with Crippen molar-refractivity contribution in [2.24, 2.45) is 0 Å². The lowest BCUT2D eigenvalue weighted by molar-refractivity contribution is -0.134. The number of carbonyl (C=O) groups excluding carboxylic acids is 4. The highest BCUT2D eigenvalue weighted by molar-refractivity contribution is 6.10. The number of imide groups is 1. The molecule has 1 fully saturated rings. The maximum absolute atomic E-state index is 13.2. The number of hydrogen-bond donors (Lipinski definition) is 2. The van der Waals surface area contributed by atoms with Crippen LogP contribution in [0.5, 0.6) is 0 Å². The highest BCUT2D eigenvalue weighted by Crippen LogP contribution is 2.32. The van der Waals surface area contributed by atoms with Gasteiger partial charge in [0.2, 0.25) is 5.91 Å². The molecule has 1 heterocycles. The van der Waals surface area contributed by atoms with Gasteiger partial charge in [0.1, 0.15) is 17.9 Å². The van der Waals surface area contributed by atoms with Crippen LogP contribution in [0, 0.1) is 5.82 Å². The largest absolute Gasteiger partial charge is 0.325 e. The summed E-state index contributed by atoms with van der Waals surface area (Å²) < 4.78 is 13.2. The molecule has 29 heavy (non-hydrogen) atoms. The molecule has 1 atom stereocenters. The lowest BCUT2D eigenvalue weighted by atomic mass is 9.87. The van der Waals surface area contributed by atoms with Crippen molar-refractivity contribution < 1.29 is 23.6 Å². The van der Waals surface area contributed by atoms with E-state index in [2.05, 4.69) is 10.6 Å². The molecule has 1 aliphatic rings. The molecular weight excluding hydrogens is 377 g/mol. The fourth-order valence-electron chi connectivity index (χ4n) is 3.28. The number of halogens is 1. The maximum atomic E-state index is 13.2. The molecule has 8 heteroatoms. The van der Waals surface area contributed by atoms with Gasteiger partial charge in [-0.3, -0.25) is 19.3 Å². The van der Waals surface area contributed by atoms with Crippen molar-refractivity contribution in [1.29, 1.82) is 0 Å². The number of nitrogens with zero attached hydrogens (tertiary/aromatic N) is 1. The Kier molecular flexibility index (Phi) is 5.45. The van der Waals surface area contributed by atoms with Crippen molar-refractivity contribution in [2.75, 3.05) is 11.9 Å². The van der Waals surface area contributed by atoms with Crippen LogP contribution in [0.3, 0.4) is 0 Å². The fraction of sp³-hybridized carbons (Fsp3) is 0.238. The summed E-state index contributed by atoms with van der Waals surface area (Å²) in [6.07, 6.45) is 0.244. The van der Waals surface area contributed by atoms with Gasteiger partial charge in [0.25, 0.3) is 5.91 Å². The number of benzene rings is 2. The van der Waals surface area contributed by atoms with Gasteiger partial charge in [-0.2, -0.15) is 0 Å². The van der Waals surface area contributed by atoms with E-state index in [-0.39, 0.29) is 12.2 Å². The minimum atomic E-state index is -1.34. The van der Waals surface area contributed by atoms with Crippen LogP contribution < -0.4 is 10.6 Å². The molecule has 0 aromatic heterocycles. The number of anilines is 1. The van der Waals surface area contributed by atoms with Crippen molar-refractivity contribution in [3.8, 4) is 0 Å². The number of rotatable bonds is 6. The number of amides is 4. The van der Waals surface area contributed by atoms with E-state index in [0.717, 1.165) is 4.90 Å². The summed E-state index contributed by atoms with van der Waals surface area (Å²) in [6.45, 7) is 2.69. The van der Waals surface area contributed by atoms with Gasteiger partial charge in [0, 0.05) is 11.3 Å². The van der Waals surface area contributed by atoms with Gasteiger partial charge in [-0.25, -0.2) is 9.18 Å². The first-order valence-corrected chi connectivity index (χ1v) is 9.08. The summed E-state index contributed by atoms with van der Waals surface area (Å²) >= 11 is 0. The van der Waals surface area contributed by atoms with Crippen molar-refractivity contribution >= 4 is 29.3 Å². The molecule has 0 bridgehead atoms. The van der Waals surface area contributed by atoms with Crippen LogP contribution in [0.4, 0.5) is 14.9 Å². The van der Waals surface area contributed by atoms with Crippen LogP contribution in [0.2, 0.25) is 0 Å². The predicted octanol–water partition coefficient (Wildman–Crippen LogP) is 2.82. The molecule has 7 nitrogen and oxygen atoms in total. The molecule has 0 unspecified atom stereocenters. The third kappa shape index (κ3) is 3.87. The monoisotopic (exact) mass is 397 g/mol. The summed E-state index contributed by atoms with van der Waals surface area (Å²) in [5, 5.41) is 5.23. The molecule has 1 aliphatic heterocycles. The van der Waals surface area contributed by atoms with Gasteiger partial charge in [-0.1, -0.05) is 19.1 Å². The van der Waals surface area contributed by atoms with Crippen molar-refractivity contribution in [3.05, 3.63) is 65.5 Å². The second-order valence-electron chi connectivity index (χ2n) is 6.77. The Morgan fingerprint density at radius 1 is 1.07 bits per heavy atom. The molecule has 3 rings (SSSR count). The molecule has 0 saturated carbocycles. The third-order valence-electron chi connectivity index (χ3n) is 4.92. The summed E-state index contributed by atoms with van der Waals surface area (Å²) in [5.74, 6) is -1.68. The zero-order chi connectivity index (χ0) is 21.2. The smallest absolute Gasteiger partial charge is 0.325 e. The standard InChI is InChI=1S/C21H20FN3O4/c1-3-21(15-6-8-16(22)9-7-15)19(28)25(20(29)24-21)12-18(27)23-17-10-4-14(5-11-17)13(2)26/h4-11H,3,12H2,1-2H3,(H,23,27)(H,24,29)/t21-/m1/s1. The van der Waals surface area contributed by atoms with Gasteiger partial charge >= 0.3 is 6.03 Å². The van der Waals surface area contributed by atoms with Crippen molar-refractivity contribution in [2.45, 2.75) is 25.8 Å². The van der Waals surface area contributed by atoms with Gasteiger partial charge in [-0.05, 0) is 55.3 Å². The lowest BCUT2D eigenvalue weighted by Gasteiger charge is -2.25. The van der Waals surface area contributed by atoms with Crippen LogP contribution in [-0.2, 0) is 15.1 Å². The first kappa shape index (κ1) is 20.2. The average molecular weight is 397 g/mol. The Morgan fingerprint density at radius 3 is 2.24 bits per heavy atom. The van der Waals surface area contributed by atoms with E-state index in [9.17, 15) is 23.6 Å². The number of ketones is 1. The summed E-state index contributed by atoms with van der Waals surface area (Å²) in [6, 6.07) is 10.9. The first-order valence-electron chi connectivity index (χ1n) is 9.08. The molecule has 0 radical (unpaired) electrons. The molecule has 2 N–H and O–H groups in total. The fourth-order valence-corrected chi connectivity index (χ4v) is 3.28. The SMILES string of the molecule is CC[C@]1(c2ccc(F)cc2)NC(=O)N(CC(=O)Nc2ccc(C(C)=O)cc2)C1=O. The van der Waals surface area contributed by atoms with Crippen LogP contribution in [-0.4, -0.2) is 35.1 Å². The van der Waals surface area contributed by atoms with Gasteiger partial charge in [-0.15, -0.1) is 0 Å². The molecule has 0 spiro atoms. The molecule has 0 aliphatic carbocycles. The highest BCUT2D eigenvalue weighted by atomic mass is 19.1.